The highest BCUT2D eigenvalue weighted by molar-refractivity contribution is 5.65. The molecule has 114 valence electrons. The molecule has 1 aliphatic carbocycles. The fourth-order valence-electron chi connectivity index (χ4n) is 2.85. The maximum Gasteiger partial charge on any atom is 0.180 e. The van der Waals surface area contributed by atoms with Crippen molar-refractivity contribution in [2.45, 2.75) is 44.8 Å². The molecule has 2 aromatic heterocycles. The average molecular weight is 289 g/mol. The summed E-state index contributed by atoms with van der Waals surface area (Å²) in [7, 11) is 1.79. The van der Waals surface area contributed by atoms with E-state index in [1.807, 2.05) is 16.8 Å². The summed E-state index contributed by atoms with van der Waals surface area (Å²) in [5.74, 6) is 1.73. The molecule has 0 aliphatic heterocycles. The molecule has 1 aliphatic rings. The predicted molar refractivity (Wildman–Crippen MR) is 83.8 cm³/mol. The fourth-order valence-corrected chi connectivity index (χ4v) is 2.85. The second-order valence-electron chi connectivity index (χ2n) is 5.57. The molecular formula is C15H23N5O. The van der Waals surface area contributed by atoms with Gasteiger partial charge in [0.15, 0.2) is 11.5 Å². The minimum absolute atomic E-state index is 0.361. The van der Waals surface area contributed by atoms with E-state index >= 15 is 0 Å². The largest absolute Gasteiger partial charge is 0.381 e. The molecule has 21 heavy (non-hydrogen) atoms. The highest BCUT2D eigenvalue weighted by Crippen LogP contribution is 2.26. The van der Waals surface area contributed by atoms with Crippen LogP contribution in [0.15, 0.2) is 18.6 Å². The third-order valence-electron chi connectivity index (χ3n) is 3.99. The van der Waals surface area contributed by atoms with Crippen LogP contribution in [-0.2, 0) is 4.74 Å². The Morgan fingerprint density at radius 2 is 2.33 bits per heavy atom. The van der Waals surface area contributed by atoms with Crippen molar-refractivity contribution in [3.63, 3.8) is 0 Å². The third kappa shape index (κ3) is 3.10. The number of nitrogens with one attached hydrogen (secondary N) is 2. The first-order valence-corrected chi connectivity index (χ1v) is 7.67. The van der Waals surface area contributed by atoms with Gasteiger partial charge in [-0.15, -0.1) is 0 Å². The van der Waals surface area contributed by atoms with E-state index in [9.17, 15) is 0 Å². The van der Waals surface area contributed by atoms with E-state index in [1.54, 1.807) is 13.3 Å². The van der Waals surface area contributed by atoms with Crippen molar-refractivity contribution in [2.75, 3.05) is 24.3 Å². The van der Waals surface area contributed by atoms with E-state index in [-0.39, 0.29) is 0 Å². The summed E-state index contributed by atoms with van der Waals surface area (Å²) in [5.41, 5.74) is 0.873. The Morgan fingerprint density at radius 3 is 3.10 bits per heavy atom. The van der Waals surface area contributed by atoms with Crippen molar-refractivity contribution in [3.8, 4) is 0 Å². The Balaban J connectivity index is 1.81. The maximum absolute atomic E-state index is 5.43. The molecule has 6 heteroatoms. The number of methoxy groups -OCH3 is 1. The molecule has 0 bridgehead atoms. The second-order valence-corrected chi connectivity index (χ2v) is 5.57. The molecular weight excluding hydrogens is 266 g/mol. The first kappa shape index (κ1) is 14.1. The Morgan fingerprint density at radius 1 is 1.43 bits per heavy atom. The molecule has 2 unspecified atom stereocenters. The topological polar surface area (TPSA) is 63.5 Å². The number of aromatic nitrogens is 3. The molecule has 2 atom stereocenters. The number of fused-ring (bicyclic) bond motifs is 1. The van der Waals surface area contributed by atoms with Gasteiger partial charge in [-0.3, -0.25) is 0 Å². The number of anilines is 2. The summed E-state index contributed by atoms with van der Waals surface area (Å²) in [6, 6.07) is 0.407. The van der Waals surface area contributed by atoms with E-state index in [1.165, 1.54) is 0 Å². The zero-order chi connectivity index (χ0) is 14.7. The number of ether oxygens (including phenoxy) is 1. The standard InChI is InChI=1S/C15H23N5O/c1-3-6-16-13-10-20-8-7-17-15(20)14(19-13)18-11-4-5-12(9-11)21-2/h7-8,10-12,16H,3-6,9H2,1-2H3,(H,18,19). The SMILES string of the molecule is CCCNc1cn2ccnc2c(NC2CCC(OC)C2)n1. The Labute approximate surface area is 124 Å². The summed E-state index contributed by atoms with van der Waals surface area (Å²) >= 11 is 0. The lowest BCUT2D eigenvalue weighted by Gasteiger charge is -2.15. The van der Waals surface area contributed by atoms with Gasteiger partial charge >= 0.3 is 0 Å². The van der Waals surface area contributed by atoms with Gasteiger partial charge in [-0.2, -0.15) is 0 Å². The number of hydrogen-bond donors (Lipinski definition) is 2. The van der Waals surface area contributed by atoms with Crippen molar-refractivity contribution in [1.29, 1.82) is 0 Å². The van der Waals surface area contributed by atoms with Crippen LogP contribution in [0.1, 0.15) is 32.6 Å². The first-order chi connectivity index (χ1) is 10.3. The van der Waals surface area contributed by atoms with Crippen LogP contribution in [0.4, 0.5) is 11.6 Å². The van der Waals surface area contributed by atoms with Gasteiger partial charge in [0.05, 0.1) is 12.3 Å². The van der Waals surface area contributed by atoms with Crippen LogP contribution >= 0.6 is 0 Å². The summed E-state index contributed by atoms with van der Waals surface area (Å²) < 4.78 is 7.44. The lowest BCUT2D eigenvalue weighted by molar-refractivity contribution is 0.108. The van der Waals surface area contributed by atoms with Crippen LogP contribution in [0.5, 0.6) is 0 Å². The Bertz CT molecular complexity index is 597. The monoisotopic (exact) mass is 289 g/mol. The first-order valence-electron chi connectivity index (χ1n) is 7.67. The molecule has 2 aromatic rings. The highest BCUT2D eigenvalue weighted by atomic mass is 16.5. The molecule has 1 saturated carbocycles. The molecule has 0 saturated heterocycles. The van der Waals surface area contributed by atoms with E-state index in [2.05, 4.69) is 27.5 Å². The lowest BCUT2D eigenvalue weighted by Crippen LogP contribution is -2.19. The molecule has 0 aromatic carbocycles. The zero-order valence-corrected chi connectivity index (χ0v) is 12.7. The maximum atomic E-state index is 5.43. The molecule has 0 radical (unpaired) electrons. The minimum Gasteiger partial charge on any atom is -0.381 e. The van der Waals surface area contributed by atoms with E-state index in [0.717, 1.165) is 49.5 Å². The third-order valence-corrected chi connectivity index (χ3v) is 3.99. The average Bonchev–Trinajstić information content (AvgIpc) is 3.13. The molecule has 6 nitrogen and oxygen atoms in total. The van der Waals surface area contributed by atoms with Gasteiger partial charge in [0.2, 0.25) is 0 Å². The van der Waals surface area contributed by atoms with Crippen molar-refractivity contribution in [2.24, 2.45) is 0 Å². The lowest BCUT2D eigenvalue weighted by atomic mass is 10.2. The van der Waals surface area contributed by atoms with Crippen LogP contribution < -0.4 is 10.6 Å². The fraction of sp³-hybridized carbons (Fsp3) is 0.600. The normalized spacial score (nSPS) is 21.8. The highest BCUT2D eigenvalue weighted by Gasteiger charge is 2.25. The Kier molecular flexibility index (Phi) is 4.24. The van der Waals surface area contributed by atoms with Crippen LogP contribution in [0, 0.1) is 0 Å². The predicted octanol–water partition coefficient (Wildman–Crippen LogP) is 2.53. The van der Waals surface area contributed by atoms with Gasteiger partial charge in [0.25, 0.3) is 0 Å². The van der Waals surface area contributed by atoms with Crippen LogP contribution in [-0.4, -0.2) is 40.2 Å². The number of hydrogen-bond acceptors (Lipinski definition) is 5. The molecule has 0 amide bonds. The number of nitrogens with zero attached hydrogens (tertiary/aromatic N) is 3. The molecule has 2 heterocycles. The van der Waals surface area contributed by atoms with Gasteiger partial charge in [-0.05, 0) is 25.7 Å². The number of imidazole rings is 1. The summed E-state index contributed by atoms with van der Waals surface area (Å²) in [5, 5.41) is 6.87. The van der Waals surface area contributed by atoms with Crippen LogP contribution in [0.3, 0.4) is 0 Å². The summed E-state index contributed by atoms with van der Waals surface area (Å²) in [4.78, 5) is 9.08. The number of rotatable bonds is 6. The minimum atomic E-state index is 0.361. The molecule has 0 spiro atoms. The van der Waals surface area contributed by atoms with Crippen LogP contribution in [0.2, 0.25) is 0 Å². The van der Waals surface area contributed by atoms with Gasteiger partial charge in [-0.25, -0.2) is 9.97 Å². The van der Waals surface area contributed by atoms with E-state index in [4.69, 9.17) is 4.74 Å². The van der Waals surface area contributed by atoms with Gasteiger partial charge in [-0.1, -0.05) is 6.92 Å². The van der Waals surface area contributed by atoms with Crippen molar-refractivity contribution in [1.82, 2.24) is 14.4 Å². The summed E-state index contributed by atoms with van der Waals surface area (Å²) in [6.07, 6.45) is 10.4. The zero-order valence-electron chi connectivity index (χ0n) is 12.7. The Hall–Kier alpha value is -1.82. The van der Waals surface area contributed by atoms with E-state index < -0.39 is 0 Å². The van der Waals surface area contributed by atoms with E-state index in [0.29, 0.717) is 12.1 Å². The van der Waals surface area contributed by atoms with Crippen LogP contribution in [0.25, 0.3) is 5.65 Å². The van der Waals surface area contributed by atoms with Crippen molar-refractivity contribution < 1.29 is 4.74 Å². The molecule has 2 N–H and O–H groups in total. The van der Waals surface area contributed by atoms with Gasteiger partial charge in [0, 0.05) is 32.1 Å². The smallest absolute Gasteiger partial charge is 0.180 e. The second kappa shape index (κ2) is 6.30. The van der Waals surface area contributed by atoms with Gasteiger partial charge < -0.3 is 19.8 Å². The summed E-state index contributed by atoms with van der Waals surface area (Å²) in [6.45, 7) is 3.06. The van der Waals surface area contributed by atoms with Crippen molar-refractivity contribution >= 4 is 17.3 Å². The molecule has 3 rings (SSSR count). The molecule has 1 fully saturated rings. The van der Waals surface area contributed by atoms with Crippen molar-refractivity contribution in [3.05, 3.63) is 18.6 Å². The van der Waals surface area contributed by atoms with Gasteiger partial charge in [0.1, 0.15) is 5.82 Å². The quantitative estimate of drug-likeness (QED) is 0.855.